The van der Waals surface area contributed by atoms with E-state index >= 15 is 0 Å². The van der Waals surface area contributed by atoms with Crippen molar-refractivity contribution in [2.75, 3.05) is 80.1 Å². The van der Waals surface area contributed by atoms with E-state index in [1.165, 1.54) is 0 Å². The van der Waals surface area contributed by atoms with Gasteiger partial charge in [0, 0.05) is 6.54 Å². The van der Waals surface area contributed by atoms with E-state index in [-0.39, 0.29) is 0 Å². The van der Waals surface area contributed by atoms with Crippen LogP contribution in [-0.4, -0.2) is 93.3 Å². The van der Waals surface area contributed by atoms with Gasteiger partial charge < -0.3 is 28.3 Å². The molecule has 0 unspecified atom stereocenters. The SMILES string of the molecule is CN(C)CCOCCOCCOCCOCCO[Si](C)(C)C. The zero-order chi connectivity index (χ0) is 16.7. The van der Waals surface area contributed by atoms with Crippen LogP contribution in [0.2, 0.25) is 19.6 Å². The van der Waals surface area contributed by atoms with Gasteiger partial charge in [-0.3, -0.25) is 0 Å². The molecule has 0 radical (unpaired) electrons. The second-order valence-electron chi connectivity index (χ2n) is 6.21. The first-order valence-electron chi connectivity index (χ1n) is 8.01. The van der Waals surface area contributed by atoms with Crippen LogP contribution in [0.5, 0.6) is 0 Å². The van der Waals surface area contributed by atoms with Crippen LogP contribution < -0.4 is 0 Å². The maximum Gasteiger partial charge on any atom is 0.183 e. The number of hydrogen-bond acceptors (Lipinski definition) is 6. The Hall–Kier alpha value is -0.0231. The van der Waals surface area contributed by atoms with Crippen LogP contribution >= 0.6 is 0 Å². The molecule has 0 aliphatic rings. The molecule has 22 heavy (non-hydrogen) atoms. The Morgan fingerprint density at radius 3 is 1.32 bits per heavy atom. The summed E-state index contributed by atoms with van der Waals surface area (Å²) in [5.74, 6) is 0. The van der Waals surface area contributed by atoms with Crippen LogP contribution in [-0.2, 0) is 23.4 Å². The van der Waals surface area contributed by atoms with Gasteiger partial charge in [0.1, 0.15) is 0 Å². The summed E-state index contributed by atoms with van der Waals surface area (Å²) in [7, 11) is 2.65. The third kappa shape index (κ3) is 20.0. The standard InChI is InChI=1S/C15H35NO5Si/c1-16(2)6-7-17-8-9-18-10-11-19-12-13-20-14-15-21-22(3,4)5/h6-15H2,1-5H3. The minimum absolute atomic E-state index is 0.590. The van der Waals surface area contributed by atoms with E-state index in [1.54, 1.807) is 0 Å². The Bertz CT molecular complexity index is 236. The molecule has 0 N–H and O–H groups in total. The van der Waals surface area contributed by atoms with Gasteiger partial charge in [-0.15, -0.1) is 0 Å². The largest absolute Gasteiger partial charge is 0.415 e. The molecule has 0 atom stereocenters. The van der Waals surface area contributed by atoms with Crippen molar-refractivity contribution < 1.29 is 23.4 Å². The Morgan fingerprint density at radius 1 is 0.591 bits per heavy atom. The lowest BCUT2D eigenvalue weighted by molar-refractivity contribution is -0.00578. The highest BCUT2D eigenvalue weighted by molar-refractivity contribution is 6.69. The molecule has 134 valence electrons. The van der Waals surface area contributed by atoms with Crippen molar-refractivity contribution in [1.82, 2.24) is 4.90 Å². The van der Waals surface area contributed by atoms with Gasteiger partial charge in [-0.25, -0.2) is 0 Å². The molecule has 0 aromatic heterocycles. The van der Waals surface area contributed by atoms with Gasteiger partial charge in [0.25, 0.3) is 0 Å². The molecule has 0 aromatic carbocycles. The first-order chi connectivity index (χ1) is 10.4. The number of ether oxygens (including phenoxy) is 4. The highest BCUT2D eigenvalue weighted by atomic mass is 28.4. The number of rotatable bonds is 16. The second kappa shape index (κ2) is 14.6. The molecule has 0 aliphatic carbocycles. The highest BCUT2D eigenvalue weighted by Crippen LogP contribution is 2.01. The molecular weight excluding hydrogens is 302 g/mol. The van der Waals surface area contributed by atoms with E-state index in [4.69, 9.17) is 23.4 Å². The van der Waals surface area contributed by atoms with Gasteiger partial charge in [0.05, 0.1) is 59.5 Å². The minimum Gasteiger partial charge on any atom is -0.415 e. The van der Waals surface area contributed by atoms with Crippen molar-refractivity contribution in [3.8, 4) is 0 Å². The Labute approximate surface area is 137 Å². The molecule has 0 rings (SSSR count). The van der Waals surface area contributed by atoms with Gasteiger partial charge in [-0.1, -0.05) is 0 Å². The molecule has 0 bridgehead atoms. The van der Waals surface area contributed by atoms with Crippen molar-refractivity contribution in [2.45, 2.75) is 19.6 Å². The summed E-state index contributed by atoms with van der Waals surface area (Å²) < 4.78 is 27.3. The van der Waals surface area contributed by atoms with Gasteiger partial charge >= 0.3 is 0 Å². The molecule has 0 fully saturated rings. The van der Waals surface area contributed by atoms with E-state index in [1.807, 2.05) is 14.1 Å². The molecular formula is C15H35NO5Si. The summed E-state index contributed by atoms with van der Waals surface area (Å²) in [5.41, 5.74) is 0. The van der Waals surface area contributed by atoms with Crippen LogP contribution in [0.4, 0.5) is 0 Å². The monoisotopic (exact) mass is 337 g/mol. The van der Waals surface area contributed by atoms with Gasteiger partial charge in [0.2, 0.25) is 0 Å². The van der Waals surface area contributed by atoms with Gasteiger partial charge in [-0.05, 0) is 33.7 Å². The smallest absolute Gasteiger partial charge is 0.183 e. The highest BCUT2D eigenvalue weighted by Gasteiger charge is 2.12. The zero-order valence-electron chi connectivity index (χ0n) is 15.1. The van der Waals surface area contributed by atoms with E-state index < -0.39 is 8.32 Å². The van der Waals surface area contributed by atoms with Crippen LogP contribution in [0.3, 0.4) is 0 Å². The van der Waals surface area contributed by atoms with Crippen LogP contribution in [0.15, 0.2) is 0 Å². The van der Waals surface area contributed by atoms with Crippen LogP contribution in [0.25, 0.3) is 0 Å². The molecule has 6 nitrogen and oxygen atoms in total. The summed E-state index contributed by atoms with van der Waals surface area (Å²) in [6.07, 6.45) is 0. The van der Waals surface area contributed by atoms with E-state index in [0.29, 0.717) is 52.9 Å². The average Bonchev–Trinajstić information content (AvgIpc) is 2.41. The Kier molecular flexibility index (Phi) is 14.5. The van der Waals surface area contributed by atoms with E-state index in [9.17, 15) is 0 Å². The molecule has 0 saturated carbocycles. The summed E-state index contributed by atoms with van der Waals surface area (Å²) in [6, 6.07) is 0. The molecule has 0 saturated heterocycles. The number of hydrogen-bond donors (Lipinski definition) is 0. The van der Waals surface area contributed by atoms with Crippen molar-refractivity contribution in [3.63, 3.8) is 0 Å². The molecule has 0 spiro atoms. The molecule has 0 aliphatic heterocycles. The van der Waals surface area contributed by atoms with Crippen molar-refractivity contribution in [3.05, 3.63) is 0 Å². The number of nitrogens with zero attached hydrogens (tertiary/aromatic N) is 1. The third-order valence-corrected chi connectivity index (χ3v) is 3.63. The normalized spacial score (nSPS) is 12.3. The summed E-state index contributed by atoms with van der Waals surface area (Å²) in [5, 5.41) is 0. The quantitative estimate of drug-likeness (QED) is 0.314. The lowest BCUT2D eigenvalue weighted by atomic mass is 10.6. The maximum absolute atomic E-state index is 5.68. The van der Waals surface area contributed by atoms with E-state index in [0.717, 1.165) is 13.2 Å². The summed E-state index contributed by atoms with van der Waals surface area (Å²) >= 11 is 0. The van der Waals surface area contributed by atoms with E-state index in [2.05, 4.69) is 24.5 Å². The van der Waals surface area contributed by atoms with Crippen molar-refractivity contribution in [2.24, 2.45) is 0 Å². The Balaban J connectivity index is 3.03. The fourth-order valence-corrected chi connectivity index (χ4v) is 2.11. The predicted molar refractivity (Wildman–Crippen MR) is 91.1 cm³/mol. The Morgan fingerprint density at radius 2 is 0.955 bits per heavy atom. The molecule has 0 aromatic rings. The van der Waals surface area contributed by atoms with Crippen molar-refractivity contribution in [1.29, 1.82) is 0 Å². The third-order valence-electron chi connectivity index (χ3n) is 2.56. The van der Waals surface area contributed by atoms with Crippen molar-refractivity contribution >= 4 is 8.32 Å². The molecule has 0 amide bonds. The number of likely N-dealkylation sites (N-methyl/N-ethyl adjacent to an activating group) is 1. The van der Waals surface area contributed by atoms with Gasteiger partial charge in [0.15, 0.2) is 8.32 Å². The summed E-state index contributed by atoms with van der Waals surface area (Å²) in [6.45, 7) is 13.1. The molecule has 7 heteroatoms. The fourth-order valence-electron chi connectivity index (χ4n) is 1.42. The topological polar surface area (TPSA) is 49.4 Å². The predicted octanol–water partition coefficient (Wildman–Crippen LogP) is 1.47. The van der Waals surface area contributed by atoms with Gasteiger partial charge in [-0.2, -0.15) is 0 Å². The lowest BCUT2D eigenvalue weighted by Gasteiger charge is -2.16. The van der Waals surface area contributed by atoms with Crippen LogP contribution in [0, 0.1) is 0 Å². The molecule has 0 heterocycles. The fraction of sp³-hybridized carbons (Fsp3) is 1.00. The first-order valence-corrected chi connectivity index (χ1v) is 11.4. The maximum atomic E-state index is 5.68. The second-order valence-corrected chi connectivity index (χ2v) is 10.7. The lowest BCUT2D eigenvalue weighted by Crippen LogP contribution is -2.27. The first kappa shape index (κ1) is 22.0. The minimum atomic E-state index is -1.41. The van der Waals surface area contributed by atoms with Crippen LogP contribution in [0.1, 0.15) is 0 Å². The summed E-state index contributed by atoms with van der Waals surface area (Å²) in [4.78, 5) is 2.09. The zero-order valence-corrected chi connectivity index (χ0v) is 16.1. The average molecular weight is 338 g/mol.